The Morgan fingerprint density at radius 2 is 2.00 bits per heavy atom. The van der Waals surface area contributed by atoms with E-state index in [1.54, 1.807) is 6.92 Å². The van der Waals surface area contributed by atoms with Gasteiger partial charge in [-0.1, -0.05) is 52.3 Å². The first kappa shape index (κ1) is 18.0. The summed E-state index contributed by atoms with van der Waals surface area (Å²) in [6.45, 7) is 3.68. The van der Waals surface area contributed by atoms with Crippen LogP contribution in [0, 0.1) is 0 Å². The number of ketones is 1. The maximum atomic E-state index is 12.2. The van der Waals surface area contributed by atoms with E-state index in [0.717, 1.165) is 38.8 Å². The van der Waals surface area contributed by atoms with Crippen molar-refractivity contribution in [3.05, 3.63) is 85.9 Å². The molecule has 0 bridgehead atoms. The number of benzene rings is 2. The number of fused-ring (bicyclic) bond motifs is 3. The molecule has 2 aromatic carbocycles. The van der Waals surface area contributed by atoms with Crippen molar-refractivity contribution in [2.75, 3.05) is 0 Å². The van der Waals surface area contributed by atoms with Crippen molar-refractivity contribution in [2.24, 2.45) is 4.99 Å². The quantitative estimate of drug-likeness (QED) is 0.554. The van der Waals surface area contributed by atoms with Crippen molar-refractivity contribution in [1.82, 2.24) is 4.90 Å². The van der Waals surface area contributed by atoms with Crippen molar-refractivity contribution in [1.29, 1.82) is 0 Å². The van der Waals surface area contributed by atoms with Gasteiger partial charge in [-0.25, -0.2) is 4.99 Å². The molecule has 0 unspecified atom stereocenters. The number of thioether (sulfide) groups is 1. The van der Waals surface area contributed by atoms with E-state index in [0.29, 0.717) is 0 Å². The first-order valence-electron chi connectivity index (χ1n) is 9.39. The molecule has 0 amide bonds. The highest BCUT2D eigenvalue weighted by molar-refractivity contribution is 9.10. The number of amidine groups is 1. The molecule has 140 valence electrons. The largest absolute Gasteiger partial charge is 0.312 e. The van der Waals surface area contributed by atoms with Gasteiger partial charge in [0.25, 0.3) is 0 Å². The van der Waals surface area contributed by atoms with E-state index in [2.05, 4.69) is 69.4 Å². The van der Waals surface area contributed by atoms with Crippen molar-refractivity contribution in [3.8, 4) is 0 Å². The lowest BCUT2D eigenvalue weighted by molar-refractivity contribution is -0.113. The average Bonchev–Trinajstić information content (AvgIpc) is 3.03. The van der Waals surface area contributed by atoms with E-state index in [-0.39, 0.29) is 11.8 Å². The van der Waals surface area contributed by atoms with Gasteiger partial charge in [-0.15, -0.1) is 0 Å². The normalized spacial score (nSPS) is 20.6. The van der Waals surface area contributed by atoms with E-state index in [4.69, 9.17) is 4.99 Å². The highest BCUT2D eigenvalue weighted by Crippen LogP contribution is 2.51. The Bertz CT molecular complexity index is 1120. The average molecular weight is 451 g/mol. The highest BCUT2D eigenvalue weighted by atomic mass is 79.9. The lowest BCUT2D eigenvalue weighted by Gasteiger charge is -2.39. The minimum absolute atomic E-state index is 0.0673. The van der Waals surface area contributed by atoms with Crippen LogP contribution in [0.2, 0.25) is 0 Å². The molecule has 3 nitrogen and oxygen atoms in total. The zero-order valence-corrected chi connectivity index (χ0v) is 18.1. The first-order chi connectivity index (χ1) is 13.5. The van der Waals surface area contributed by atoms with Gasteiger partial charge in [0.15, 0.2) is 11.0 Å². The Kier molecular flexibility index (Phi) is 4.33. The molecule has 1 atom stereocenters. The molecule has 0 spiro atoms. The number of carbonyl (C=O) groups excluding carboxylic acids is 1. The number of halogens is 1. The highest BCUT2D eigenvalue weighted by Gasteiger charge is 2.41. The third kappa shape index (κ3) is 2.72. The maximum Gasteiger partial charge on any atom is 0.174 e. The minimum Gasteiger partial charge on any atom is -0.312 e. The number of hydrogen-bond donors (Lipinski definition) is 0. The number of rotatable bonds is 2. The van der Waals surface area contributed by atoms with Crippen molar-refractivity contribution in [2.45, 2.75) is 32.7 Å². The summed E-state index contributed by atoms with van der Waals surface area (Å²) in [5.74, 6) is 0.103. The summed E-state index contributed by atoms with van der Waals surface area (Å²) in [4.78, 5) is 20.4. The molecular formula is C23H19BrN2OS. The van der Waals surface area contributed by atoms with Crippen LogP contribution in [0.3, 0.4) is 0 Å². The monoisotopic (exact) mass is 450 g/mol. The van der Waals surface area contributed by atoms with Crippen LogP contribution in [0.4, 0.5) is 0 Å². The van der Waals surface area contributed by atoms with Crippen LogP contribution in [0.5, 0.6) is 0 Å². The van der Waals surface area contributed by atoms with Crippen LogP contribution in [-0.2, 0) is 11.2 Å². The molecule has 5 rings (SSSR count). The van der Waals surface area contributed by atoms with Crippen LogP contribution < -0.4 is 0 Å². The molecule has 1 aliphatic carbocycles. The second-order valence-corrected chi connectivity index (χ2v) is 9.22. The van der Waals surface area contributed by atoms with Crippen molar-refractivity contribution < 1.29 is 4.79 Å². The Balaban J connectivity index is 1.75. The number of hydrogen-bond acceptors (Lipinski definition) is 4. The molecule has 0 fully saturated rings. The summed E-state index contributed by atoms with van der Waals surface area (Å²) in [6.07, 6.45) is 2.00. The van der Waals surface area contributed by atoms with Gasteiger partial charge in [0.1, 0.15) is 0 Å². The minimum atomic E-state index is 0.0673. The standard InChI is InChI=1S/C23H19BrN2OS/c1-13-22(14(2)27)28-23-25-20-18-9-4-3-6-15(18)10-11-19(20)21(26(13)23)16-7-5-8-17(24)12-16/h3-9,12,21H,10-11H2,1-2H3/t21-/m0/s1. The fourth-order valence-electron chi connectivity index (χ4n) is 4.38. The summed E-state index contributed by atoms with van der Waals surface area (Å²) in [5, 5.41) is 0.906. The van der Waals surface area contributed by atoms with Gasteiger partial charge in [-0.2, -0.15) is 0 Å². The van der Waals surface area contributed by atoms with Gasteiger partial charge in [-0.3, -0.25) is 4.79 Å². The Morgan fingerprint density at radius 3 is 2.79 bits per heavy atom. The molecule has 2 heterocycles. The van der Waals surface area contributed by atoms with Gasteiger partial charge < -0.3 is 4.90 Å². The predicted octanol–water partition coefficient (Wildman–Crippen LogP) is 6.09. The fraction of sp³-hybridized carbons (Fsp3) is 0.217. The number of aliphatic imine (C=N–C) groups is 1. The van der Waals surface area contributed by atoms with E-state index in [1.807, 2.05) is 6.92 Å². The molecule has 2 aromatic rings. The summed E-state index contributed by atoms with van der Waals surface area (Å²) in [6, 6.07) is 17.1. The molecule has 0 saturated heterocycles. The summed E-state index contributed by atoms with van der Waals surface area (Å²) >= 11 is 5.13. The van der Waals surface area contributed by atoms with E-state index in [1.165, 1.54) is 34.0 Å². The lowest BCUT2D eigenvalue weighted by Crippen LogP contribution is -2.34. The molecule has 28 heavy (non-hydrogen) atoms. The molecule has 5 heteroatoms. The van der Waals surface area contributed by atoms with Crippen molar-refractivity contribution in [3.63, 3.8) is 0 Å². The summed E-state index contributed by atoms with van der Waals surface area (Å²) in [7, 11) is 0. The molecule has 0 N–H and O–H groups in total. The van der Waals surface area contributed by atoms with Gasteiger partial charge in [0.2, 0.25) is 0 Å². The molecule has 0 aromatic heterocycles. The Morgan fingerprint density at radius 1 is 1.18 bits per heavy atom. The zero-order chi connectivity index (χ0) is 19.4. The van der Waals surface area contributed by atoms with Crippen molar-refractivity contribution >= 4 is 44.3 Å². The second kappa shape index (κ2) is 6.75. The van der Waals surface area contributed by atoms with Crippen LogP contribution in [0.15, 0.2) is 74.2 Å². The molecule has 0 saturated carbocycles. The van der Waals surface area contributed by atoms with E-state index < -0.39 is 0 Å². The smallest absolute Gasteiger partial charge is 0.174 e. The van der Waals surface area contributed by atoms with Crippen LogP contribution in [-0.4, -0.2) is 15.9 Å². The van der Waals surface area contributed by atoms with Gasteiger partial charge in [0, 0.05) is 15.7 Å². The maximum absolute atomic E-state index is 12.2. The Labute approximate surface area is 177 Å². The number of Topliss-reactive ketones (excluding diaryl/α,β-unsaturated/α-hetero) is 1. The topological polar surface area (TPSA) is 32.7 Å². The predicted molar refractivity (Wildman–Crippen MR) is 119 cm³/mol. The second-order valence-electron chi connectivity index (χ2n) is 7.33. The SMILES string of the molecule is CC(=O)C1=C(C)N2C(=NC3=C(CCc4ccccc43)[C@@H]2c2cccc(Br)c2)S1. The Hall–Kier alpha value is -2.11. The van der Waals surface area contributed by atoms with E-state index in [9.17, 15) is 4.79 Å². The number of carbonyl (C=O) groups is 1. The molecule has 3 aliphatic rings. The lowest BCUT2D eigenvalue weighted by atomic mass is 9.82. The number of allylic oxidation sites excluding steroid dienone is 2. The third-order valence-corrected chi connectivity index (χ3v) is 7.36. The van der Waals surface area contributed by atoms with Crippen LogP contribution in [0.1, 0.15) is 43.0 Å². The molecule has 0 radical (unpaired) electrons. The summed E-state index contributed by atoms with van der Waals surface area (Å²) in [5.41, 5.74) is 7.23. The van der Waals surface area contributed by atoms with Gasteiger partial charge in [0.05, 0.1) is 16.6 Å². The summed E-state index contributed by atoms with van der Waals surface area (Å²) < 4.78 is 1.06. The zero-order valence-electron chi connectivity index (χ0n) is 15.7. The fourth-order valence-corrected chi connectivity index (χ4v) is 5.85. The van der Waals surface area contributed by atoms with Gasteiger partial charge >= 0.3 is 0 Å². The first-order valence-corrected chi connectivity index (χ1v) is 11.0. The van der Waals surface area contributed by atoms with E-state index >= 15 is 0 Å². The number of aryl methyl sites for hydroxylation is 1. The van der Waals surface area contributed by atoms with Crippen LogP contribution in [0.25, 0.3) is 5.70 Å². The molecular weight excluding hydrogens is 432 g/mol. The van der Waals surface area contributed by atoms with Gasteiger partial charge in [-0.05, 0) is 67.3 Å². The van der Waals surface area contributed by atoms with Crippen LogP contribution >= 0.6 is 27.7 Å². The number of nitrogens with zero attached hydrogens (tertiary/aromatic N) is 2. The third-order valence-electron chi connectivity index (χ3n) is 5.61. The molecule has 2 aliphatic heterocycles.